The normalized spacial score (nSPS) is 18.5. The molecule has 0 spiro atoms. The Kier molecular flexibility index (Phi) is 10.6. The number of H-pyrrole nitrogens is 1. The Morgan fingerprint density at radius 2 is 1.81 bits per heavy atom. The van der Waals surface area contributed by atoms with Gasteiger partial charge in [-0.2, -0.15) is 0 Å². The van der Waals surface area contributed by atoms with Crippen molar-refractivity contribution in [3.05, 3.63) is 89.7 Å². The number of carbonyl (C=O) groups excluding carboxylic acids is 2. The second-order valence-electron chi connectivity index (χ2n) is 10.4. The van der Waals surface area contributed by atoms with Crippen molar-refractivity contribution >= 4 is 40.3 Å². The van der Waals surface area contributed by atoms with Gasteiger partial charge in [-0.15, -0.1) is 0 Å². The number of nitrogens with one attached hydrogen (secondary N) is 3. The number of anilines is 1. The molecule has 9 nitrogen and oxygen atoms in total. The first-order chi connectivity index (χ1) is 20.2. The lowest BCUT2D eigenvalue weighted by atomic mass is 9.89. The number of rotatable bonds is 8. The monoisotopic (exact) mass is 591 g/mol. The molecule has 0 saturated heterocycles. The molecule has 3 atom stereocenters. The average Bonchev–Trinajstić information content (AvgIpc) is 3.38. The predicted octanol–water partition coefficient (Wildman–Crippen LogP) is 4.97. The summed E-state index contributed by atoms with van der Waals surface area (Å²) < 4.78 is 14.5. The van der Waals surface area contributed by atoms with Crippen molar-refractivity contribution in [2.75, 3.05) is 26.0 Å². The summed E-state index contributed by atoms with van der Waals surface area (Å²) in [5, 5.41) is 7.65. The van der Waals surface area contributed by atoms with Gasteiger partial charge in [-0.1, -0.05) is 54.1 Å². The molecule has 2 amide bonds. The first-order valence-corrected chi connectivity index (χ1v) is 14.0. The maximum absolute atomic E-state index is 14.5. The average molecular weight is 592 g/mol. The zero-order valence-corrected chi connectivity index (χ0v) is 24.3. The molecule has 4 aromatic rings. The van der Waals surface area contributed by atoms with Gasteiger partial charge in [0.15, 0.2) is 0 Å². The molecular weight excluding hydrogens is 557 g/mol. The van der Waals surface area contributed by atoms with E-state index in [2.05, 4.69) is 25.6 Å². The summed E-state index contributed by atoms with van der Waals surface area (Å²) in [6, 6.07) is 16.4. The largest absolute Gasteiger partial charge is 0.366 e. The first kappa shape index (κ1) is 30.7. The topological polar surface area (TPSA) is 129 Å². The van der Waals surface area contributed by atoms with Crippen LogP contribution in [0.4, 0.5) is 10.3 Å². The summed E-state index contributed by atoms with van der Waals surface area (Å²) in [7, 11) is 3.84. The van der Waals surface area contributed by atoms with Gasteiger partial charge in [0.2, 0.25) is 11.9 Å². The molecule has 2 aromatic carbocycles. The molecule has 1 saturated carbocycles. The number of alkyl halides is 1. The van der Waals surface area contributed by atoms with Gasteiger partial charge in [-0.05, 0) is 57.6 Å². The van der Waals surface area contributed by atoms with Crippen LogP contribution in [0.2, 0.25) is 5.02 Å². The molecule has 42 heavy (non-hydrogen) atoms. The molecule has 5 rings (SSSR count). The van der Waals surface area contributed by atoms with E-state index >= 15 is 0 Å². The second kappa shape index (κ2) is 14.6. The van der Waals surface area contributed by atoms with Crippen LogP contribution in [-0.4, -0.2) is 70.6 Å². The number of para-hydroxylation sites is 1. The molecule has 0 radical (unpaired) electrons. The van der Waals surface area contributed by atoms with Gasteiger partial charge in [-0.3, -0.25) is 9.59 Å². The van der Waals surface area contributed by atoms with Crippen LogP contribution in [-0.2, 0) is 4.79 Å². The van der Waals surface area contributed by atoms with Gasteiger partial charge >= 0.3 is 0 Å². The zero-order chi connectivity index (χ0) is 30.1. The minimum Gasteiger partial charge on any atom is -0.366 e. The molecule has 1 fully saturated rings. The Hall–Kier alpha value is -4.28. The lowest BCUT2D eigenvalue weighted by Gasteiger charge is -2.32. The van der Waals surface area contributed by atoms with E-state index in [0.717, 1.165) is 23.0 Å². The predicted molar refractivity (Wildman–Crippen MR) is 165 cm³/mol. The van der Waals surface area contributed by atoms with E-state index in [0.29, 0.717) is 41.5 Å². The number of nitrogens with zero attached hydrogens (tertiary/aromatic N) is 3. The Morgan fingerprint density at radius 3 is 2.55 bits per heavy atom. The van der Waals surface area contributed by atoms with Gasteiger partial charge in [0.05, 0.1) is 16.9 Å². The number of primary amides is 1. The van der Waals surface area contributed by atoms with E-state index in [1.54, 1.807) is 36.5 Å². The molecule has 220 valence electrons. The summed E-state index contributed by atoms with van der Waals surface area (Å²) >= 11 is 6.42. The van der Waals surface area contributed by atoms with Gasteiger partial charge in [0.1, 0.15) is 6.17 Å². The molecule has 0 unspecified atom stereocenters. The summed E-state index contributed by atoms with van der Waals surface area (Å²) in [5.74, 6) is -0.207. The van der Waals surface area contributed by atoms with E-state index in [1.807, 2.05) is 55.5 Å². The Labute approximate surface area is 249 Å². The van der Waals surface area contributed by atoms with Crippen LogP contribution in [0.5, 0.6) is 0 Å². The highest BCUT2D eigenvalue weighted by molar-refractivity contribution is 6.33. The Morgan fingerprint density at radius 1 is 1.10 bits per heavy atom. The number of carbonyl (C=O) groups is 2. The SMILES string of the molecule is CN(C)C/C=C/C(N)=O.O=C(N[C@H]1C[C@@H](F)C[C@@H](Nc2ncc(Cl)c(-c3c[nH]c4ccccc34)n2)C1)c1ccccc1. The highest BCUT2D eigenvalue weighted by Crippen LogP contribution is 2.33. The minimum atomic E-state index is -1.03. The van der Waals surface area contributed by atoms with Crippen LogP contribution in [0, 0.1) is 0 Å². The third-order valence-corrected chi connectivity index (χ3v) is 6.97. The van der Waals surface area contributed by atoms with E-state index in [-0.39, 0.29) is 18.0 Å². The number of halogens is 2. The summed E-state index contributed by atoms with van der Waals surface area (Å²) in [4.78, 5) is 36.7. The highest BCUT2D eigenvalue weighted by atomic mass is 35.5. The summed E-state index contributed by atoms with van der Waals surface area (Å²) in [5.41, 5.74) is 7.86. The lowest BCUT2D eigenvalue weighted by molar-refractivity contribution is -0.113. The van der Waals surface area contributed by atoms with Crippen molar-refractivity contribution in [2.24, 2.45) is 5.73 Å². The number of likely N-dealkylation sites (N-methyl/N-ethyl adjacent to an activating group) is 1. The molecule has 2 heterocycles. The minimum absolute atomic E-state index is 0.196. The quantitative estimate of drug-likeness (QED) is 0.214. The third kappa shape index (κ3) is 8.61. The van der Waals surface area contributed by atoms with Crippen LogP contribution in [0.3, 0.4) is 0 Å². The number of fused-ring (bicyclic) bond motifs is 1. The van der Waals surface area contributed by atoms with Crippen LogP contribution < -0.4 is 16.4 Å². The third-order valence-electron chi connectivity index (χ3n) is 6.70. The van der Waals surface area contributed by atoms with Crippen LogP contribution >= 0.6 is 11.6 Å². The molecule has 1 aliphatic carbocycles. The van der Waals surface area contributed by atoms with Gasteiger partial charge in [0.25, 0.3) is 5.91 Å². The molecule has 2 aromatic heterocycles. The van der Waals surface area contributed by atoms with E-state index in [9.17, 15) is 14.0 Å². The lowest BCUT2D eigenvalue weighted by Crippen LogP contribution is -2.45. The van der Waals surface area contributed by atoms with Crippen LogP contribution in [0.15, 0.2) is 79.1 Å². The van der Waals surface area contributed by atoms with Gasteiger partial charge in [-0.25, -0.2) is 14.4 Å². The number of aromatic amines is 1. The van der Waals surface area contributed by atoms with Crippen molar-refractivity contribution in [3.8, 4) is 11.3 Å². The van der Waals surface area contributed by atoms with Crippen molar-refractivity contribution in [3.63, 3.8) is 0 Å². The number of hydrogen-bond acceptors (Lipinski definition) is 6. The Balaban J connectivity index is 0.000000392. The fraction of sp³-hybridized carbons (Fsp3) is 0.290. The zero-order valence-electron chi connectivity index (χ0n) is 23.6. The maximum Gasteiger partial charge on any atom is 0.251 e. The van der Waals surface area contributed by atoms with E-state index in [1.165, 1.54) is 6.08 Å². The smallest absolute Gasteiger partial charge is 0.251 e. The number of hydrogen-bond donors (Lipinski definition) is 4. The van der Waals surface area contributed by atoms with Crippen molar-refractivity contribution < 1.29 is 14.0 Å². The number of aromatic nitrogens is 3. The van der Waals surface area contributed by atoms with Crippen molar-refractivity contribution in [2.45, 2.75) is 37.5 Å². The summed E-state index contributed by atoms with van der Waals surface area (Å²) in [6.45, 7) is 0.753. The second-order valence-corrected chi connectivity index (χ2v) is 10.8. The van der Waals surface area contributed by atoms with Crippen LogP contribution in [0.1, 0.15) is 29.6 Å². The van der Waals surface area contributed by atoms with Gasteiger partial charge in [0, 0.05) is 46.9 Å². The fourth-order valence-electron chi connectivity index (χ4n) is 4.80. The fourth-order valence-corrected chi connectivity index (χ4v) is 4.99. The van der Waals surface area contributed by atoms with Crippen molar-refractivity contribution in [1.82, 2.24) is 25.2 Å². The number of amides is 2. The van der Waals surface area contributed by atoms with E-state index < -0.39 is 12.1 Å². The van der Waals surface area contributed by atoms with Gasteiger partial charge < -0.3 is 26.3 Å². The molecule has 5 N–H and O–H groups in total. The molecule has 0 bridgehead atoms. The number of nitrogens with two attached hydrogens (primary N) is 1. The molecule has 11 heteroatoms. The van der Waals surface area contributed by atoms with Crippen LogP contribution in [0.25, 0.3) is 22.2 Å². The first-order valence-electron chi connectivity index (χ1n) is 13.7. The molecule has 0 aliphatic heterocycles. The summed E-state index contributed by atoms with van der Waals surface area (Å²) in [6.07, 6.45) is 6.67. The molecular formula is C31H35ClFN7O2. The number of benzene rings is 2. The molecule has 1 aliphatic rings. The Bertz CT molecular complexity index is 1530. The van der Waals surface area contributed by atoms with E-state index in [4.69, 9.17) is 17.3 Å². The maximum atomic E-state index is 14.5. The standard InChI is InChI=1S/C25H23ClFN5O.C6H12N2O/c26-21-14-29-25(32-23(21)20-13-28-22-9-5-4-8-19(20)22)31-18-11-16(27)10-17(12-18)30-24(33)15-6-2-1-3-7-15;1-8(2)5-3-4-6(7)9/h1-9,13-14,16-18,28H,10-12H2,(H,30,33)(H,29,31,32);3-4H,5H2,1-2H3,(H2,7,9)/b;4-3+/t16-,17+,18-;/m1./s1. The van der Waals surface area contributed by atoms with Crippen molar-refractivity contribution in [1.29, 1.82) is 0 Å². The highest BCUT2D eigenvalue weighted by Gasteiger charge is 2.30.